The molecule has 0 fully saturated rings. The molecule has 0 saturated heterocycles. The van der Waals surface area contributed by atoms with Crippen LogP contribution in [0.1, 0.15) is 16.8 Å². The van der Waals surface area contributed by atoms with Crippen molar-refractivity contribution in [1.82, 2.24) is 5.32 Å². The Morgan fingerprint density at radius 1 is 1.21 bits per heavy atom. The fourth-order valence-corrected chi connectivity index (χ4v) is 3.92. The zero-order chi connectivity index (χ0) is 21.2. The number of halogens is 3. The van der Waals surface area contributed by atoms with Gasteiger partial charge >= 0.3 is 0 Å². The van der Waals surface area contributed by atoms with Crippen molar-refractivity contribution < 1.29 is 22.3 Å². The summed E-state index contributed by atoms with van der Waals surface area (Å²) in [5, 5.41) is 8.10. The Bertz CT molecular complexity index is 1120. The first-order valence-electron chi connectivity index (χ1n) is 8.27. The lowest BCUT2D eigenvalue weighted by atomic mass is 10.1. The van der Waals surface area contributed by atoms with Crippen LogP contribution in [0, 0.1) is 5.82 Å². The first-order chi connectivity index (χ1) is 13.6. The molecule has 0 aliphatic heterocycles. The van der Waals surface area contributed by atoms with Gasteiger partial charge in [0.15, 0.2) is 0 Å². The molecule has 0 saturated carbocycles. The van der Waals surface area contributed by atoms with Crippen LogP contribution in [0.25, 0.3) is 0 Å². The fourth-order valence-electron chi connectivity index (χ4n) is 2.68. The molecule has 1 atom stereocenters. The largest absolute Gasteiger partial charge is 0.456 e. The molecule has 152 valence electrons. The minimum atomic E-state index is -3.87. The van der Waals surface area contributed by atoms with Crippen LogP contribution in [0.5, 0.6) is 11.5 Å². The Hall–Kier alpha value is -2.39. The molecule has 0 aromatic heterocycles. The lowest BCUT2D eigenvalue weighted by molar-refractivity contribution is 0.0942. The summed E-state index contributed by atoms with van der Waals surface area (Å²) in [6.45, 7) is 0. The number of rotatable bonds is 5. The minimum absolute atomic E-state index is 0.000431. The molecule has 0 heterocycles. The molecule has 2 aromatic rings. The second-order valence-electron chi connectivity index (χ2n) is 6.16. The van der Waals surface area contributed by atoms with Gasteiger partial charge in [-0.15, -0.1) is 0 Å². The average molecular weight is 457 g/mol. The number of ether oxygens (including phenoxy) is 1. The van der Waals surface area contributed by atoms with Crippen molar-refractivity contribution in [2.24, 2.45) is 5.14 Å². The van der Waals surface area contributed by atoms with Crippen LogP contribution >= 0.6 is 23.2 Å². The van der Waals surface area contributed by atoms with Crippen LogP contribution in [0.15, 0.2) is 59.5 Å². The molecule has 0 spiro atoms. The van der Waals surface area contributed by atoms with Crippen molar-refractivity contribution in [1.29, 1.82) is 0 Å². The summed E-state index contributed by atoms with van der Waals surface area (Å²) >= 11 is 12.2. The van der Waals surface area contributed by atoms with Crippen LogP contribution in [-0.2, 0) is 10.0 Å². The van der Waals surface area contributed by atoms with Gasteiger partial charge in [0.1, 0.15) is 22.9 Å². The molecular weight excluding hydrogens is 442 g/mol. The first-order valence-corrected chi connectivity index (χ1v) is 10.6. The number of sulfonamides is 1. The van der Waals surface area contributed by atoms with Gasteiger partial charge in [-0.05, 0) is 36.4 Å². The predicted molar refractivity (Wildman–Crippen MR) is 109 cm³/mol. The van der Waals surface area contributed by atoms with Crippen molar-refractivity contribution in [2.45, 2.75) is 12.5 Å². The summed E-state index contributed by atoms with van der Waals surface area (Å²) in [7, 11) is -3.87. The van der Waals surface area contributed by atoms with Crippen molar-refractivity contribution in [3.63, 3.8) is 0 Å². The number of primary sulfonamides is 1. The Morgan fingerprint density at radius 2 is 1.90 bits per heavy atom. The Kier molecular flexibility index (Phi) is 6.28. The van der Waals surface area contributed by atoms with Gasteiger partial charge in [0.2, 0.25) is 10.0 Å². The number of nitrogens with one attached hydrogen (secondary N) is 1. The van der Waals surface area contributed by atoms with Crippen LogP contribution < -0.4 is 15.2 Å². The molecule has 3 N–H and O–H groups in total. The third-order valence-corrected chi connectivity index (χ3v) is 5.57. The van der Waals surface area contributed by atoms with Crippen LogP contribution in [0.4, 0.5) is 4.39 Å². The van der Waals surface area contributed by atoms with E-state index >= 15 is 0 Å². The third kappa shape index (κ3) is 5.36. The number of hydrogen-bond acceptors (Lipinski definition) is 4. The Balaban J connectivity index is 1.86. The van der Waals surface area contributed by atoms with Gasteiger partial charge < -0.3 is 10.1 Å². The van der Waals surface area contributed by atoms with E-state index < -0.39 is 27.8 Å². The van der Waals surface area contributed by atoms with E-state index in [9.17, 15) is 17.6 Å². The number of carbonyl (C=O) groups excluding carboxylic acids is 1. The molecule has 1 amide bonds. The summed E-state index contributed by atoms with van der Waals surface area (Å²) in [6.07, 6.45) is 4.49. The van der Waals surface area contributed by atoms with E-state index in [0.717, 1.165) is 0 Å². The van der Waals surface area contributed by atoms with E-state index in [1.165, 1.54) is 48.6 Å². The minimum Gasteiger partial charge on any atom is -0.456 e. The SMILES string of the molecule is NS(=O)(=O)C1=CC=CC(NC(=O)c2c(Cl)cc(Cl)cc2Oc2ccc(F)cc2)C1. The van der Waals surface area contributed by atoms with Gasteiger partial charge in [0.05, 0.1) is 16.0 Å². The van der Waals surface area contributed by atoms with Crippen molar-refractivity contribution in [3.05, 3.63) is 81.0 Å². The van der Waals surface area contributed by atoms with Gasteiger partial charge in [-0.25, -0.2) is 17.9 Å². The Labute approximate surface area is 176 Å². The smallest absolute Gasteiger partial charge is 0.257 e. The quantitative estimate of drug-likeness (QED) is 0.705. The zero-order valence-electron chi connectivity index (χ0n) is 14.7. The molecule has 2 aromatic carbocycles. The lowest BCUT2D eigenvalue weighted by Crippen LogP contribution is -2.36. The second kappa shape index (κ2) is 8.54. The summed E-state index contributed by atoms with van der Waals surface area (Å²) in [4.78, 5) is 12.8. The van der Waals surface area contributed by atoms with Gasteiger partial charge in [-0.1, -0.05) is 35.4 Å². The highest BCUT2D eigenvalue weighted by atomic mass is 35.5. The topological polar surface area (TPSA) is 98.5 Å². The molecule has 3 rings (SSSR count). The molecule has 29 heavy (non-hydrogen) atoms. The number of allylic oxidation sites excluding steroid dienone is 2. The summed E-state index contributed by atoms with van der Waals surface area (Å²) in [5.41, 5.74) is 0.000463. The van der Waals surface area contributed by atoms with E-state index in [2.05, 4.69) is 5.32 Å². The maximum Gasteiger partial charge on any atom is 0.257 e. The molecule has 1 unspecified atom stereocenters. The molecule has 1 aliphatic carbocycles. The number of carbonyl (C=O) groups is 1. The van der Waals surface area contributed by atoms with E-state index in [4.69, 9.17) is 33.1 Å². The zero-order valence-corrected chi connectivity index (χ0v) is 17.1. The van der Waals surface area contributed by atoms with Crippen molar-refractivity contribution >= 4 is 39.1 Å². The molecule has 0 bridgehead atoms. The average Bonchev–Trinajstić information content (AvgIpc) is 2.62. The van der Waals surface area contributed by atoms with Crippen molar-refractivity contribution in [2.75, 3.05) is 0 Å². The van der Waals surface area contributed by atoms with Gasteiger partial charge in [-0.3, -0.25) is 4.79 Å². The molecule has 1 aliphatic rings. The number of benzene rings is 2. The highest BCUT2D eigenvalue weighted by Gasteiger charge is 2.24. The van der Waals surface area contributed by atoms with E-state index in [0.29, 0.717) is 0 Å². The molecule has 0 radical (unpaired) electrons. The summed E-state index contributed by atoms with van der Waals surface area (Å²) in [5.74, 6) is -0.708. The third-order valence-electron chi connectivity index (χ3n) is 4.02. The Morgan fingerprint density at radius 3 is 2.55 bits per heavy atom. The van der Waals surface area contributed by atoms with Crippen LogP contribution in [0.3, 0.4) is 0 Å². The molecule has 10 heteroatoms. The van der Waals surface area contributed by atoms with E-state index in [1.54, 1.807) is 6.08 Å². The maximum atomic E-state index is 13.1. The number of nitrogens with two attached hydrogens (primary N) is 1. The first kappa shape index (κ1) is 21.3. The fraction of sp³-hybridized carbons (Fsp3) is 0.105. The number of hydrogen-bond donors (Lipinski definition) is 2. The molecular formula is C19H15Cl2FN2O4S. The predicted octanol–water partition coefficient (Wildman–Crippen LogP) is 4.16. The lowest BCUT2D eigenvalue weighted by Gasteiger charge is -2.20. The van der Waals surface area contributed by atoms with Crippen LogP contribution in [-0.4, -0.2) is 20.4 Å². The van der Waals surface area contributed by atoms with Gasteiger partial charge in [0.25, 0.3) is 5.91 Å². The number of amides is 1. The normalized spacial score (nSPS) is 16.3. The van der Waals surface area contributed by atoms with Crippen molar-refractivity contribution in [3.8, 4) is 11.5 Å². The van der Waals surface area contributed by atoms with E-state index in [1.807, 2.05) is 0 Å². The van der Waals surface area contributed by atoms with Gasteiger partial charge in [0, 0.05) is 17.5 Å². The summed E-state index contributed by atoms with van der Waals surface area (Å²) in [6, 6.07) is 7.34. The van der Waals surface area contributed by atoms with E-state index in [-0.39, 0.29) is 38.4 Å². The van der Waals surface area contributed by atoms with Gasteiger partial charge in [-0.2, -0.15) is 0 Å². The second-order valence-corrected chi connectivity index (χ2v) is 8.62. The highest BCUT2D eigenvalue weighted by molar-refractivity contribution is 7.93. The summed E-state index contributed by atoms with van der Waals surface area (Å²) < 4.78 is 41.9. The standard InChI is InChI=1S/C19H15Cl2FN2O4S/c20-11-8-16(21)18(17(9-11)28-14-6-4-12(22)5-7-14)19(25)24-13-2-1-3-15(10-13)29(23,26)27/h1-9,13H,10H2,(H,24,25)(H2,23,26,27). The molecule has 6 nitrogen and oxygen atoms in total. The van der Waals surface area contributed by atoms with Crippen LogP contribution in [0.2, 0.25) is 10.0 Å². The monoisotopic (exact) mass is 456 g/mol. The highest BCUT2D eigenvalue weighted by Crippen LogP contribution is 2.34. The maximum absolute atomic E-state index is 13.1.